The molecule has 0 saturated carbocycles. The van der Waals surface area contributed by atoms with Crippen LogP contribution in [0.4, 0.5) is 11.4 Å². The monoisotopic (exact) mass is 314 g/mol. The summed E-state index contributed by atoms with van der Waals surface area (Å²) >= 11 is 1.35. The number of benzene rings is 1. The van der Waals surface area contributed by atoms with Crippen molar-refractivity contribution in [3.8, 4) is 0 Å². The molecule has 6 nitrogen and oxygen atoms in total. The van der Waals surface area contributed by atoms with Crippen LogP contribution in [0.1, 0.15) is 10.4 Å². The molecule has 0 aliphatic carbocycles. The molecule has 22 heavy (non-hydrogen) atoms. The second-order valence-corrected chi connectivity index (χ2v) is 5.80. The molecule has 3 aromatic rings. The van der Waals surface area contributed by atoms with E-state index in [1.807, 2.05) is 31.1 Å². The van der Waals surface area contributed by atoms with Crippen molar-refractivity contribution in [3.05, 3.63) is 58.0 Å². The van der Waals surface area contributed by atoms with Gasteiger partial charge in [-0.3, -0.25) is 14.0 Å². The molecule has 0 saturated heterocycles. The first kappa shape index (κ1) is 14.3. The van der Waals surface area contributed by atoms with E-state index in [0.29, 0.717) is 10.6 Å². The van der Waals surface area contributed by atoms with Gasteiger partial charge in [-0.25, -0.2) is 4.98 Å². The van der Waals surface area contributed by atoms with Gasteiger partial charge < -0.3 is 10.2 Å². The molecule has 0 fully saturated rings. The second kappa shape index (κ2) is 5.61. The fraction of sp³-hybridized carbons (Fsp3) is 0.133. The van der Waals surface area contributed by atoms with Crippen LogP contribution in [0.15, 0.2) is 46.8 Å². The van der Waals surface area contributed by atoms with Gasteiger partial charge in [0.05, 0.1) is 0 Å². The van der Waals surface area contributed by atoms with Gasteiger partial charge in [0.25, 0.3) is 11.5 Å². The van der Waals surface area contributed by atoms with Gasteiger partial charge in [0.2, 0.25) is 0 Å². The summed E-state index contributed by atoms with van der Waals surface area (Å²) in [6.45, 7) is 0. The van der Waals surface area contributed by atoms with E-state index in [4.69, 9.17) is 0 Å². The Morgan fingerprint density at radius 1 is 1.27 bits per heavy atom. The van der Waals surface area contributed by atoms with Crippen LogP contribution in [0.2, 0.25) is 0 Å². The summed E-state index contributed by atoms with van der Waals surface area (Å²) in [7, 11) is 3.88. The van der Waals surface area contributed by atoms with E-state index in [0.717, 1.165) is 5.69 Å². The zero-order valence-corrected chi connectivity index (χ0v) is 12.9. The van der Waals surface area contributed by atoms with E-state index >= 15 is 0 Å². The Hall–Kier alpha value is -2.67. The van der Waals surface area contributed by atoms with Crippen molar-refractivity contribution in [1.82, 2.24) is 9.38 Å². The Bertz CT molecular complexity index is 880. The third kappa shape index (κ3) is 2.58. The average molecular weight is 314 g/mol. The summed E-state index contributed by atoms with van der Waals surface area (Å²) in [5, 5.41) is 4.47. The highest BCUT2D eigenvalue weighted by Crippen LogP contribution is 2.16. The molecule has 0 aliphatic rings. The lowest BCUT2D eigenvalue weighted by Crippen LogP contribution is -2.25. The molecule has 1 aromatic carbocycles. The number of hydrogen-bond acceptors (Lipinski definition) is 5. The summed E-state index contributed by atoms with van der Waals surface area (Å²) in [6, 6.07) is 7.37. The molecule has 0 radical (unpaired) electrons. The van der Waals surface area contributed by atoms with Gasteiger partial charge in [0.1, 0.15) is 5.56 Å². The largest absolute Gasteiger partial charge is 0.378 e. The van der Waals surface area contributed by atoms with E-state index in [2.05, 4.69) is 10.3 Å². The highest BCUT2D eigenvalue weighted by atomic mass is 32.1. The number of carbonyl (C=O) groups is 1. The van der Waals surface area contributed by atoms with Gasteiger partial charge in [-0.05, 0) is 24.3 Å². The van der Waals surface area contributed by atoms with Crippen LogP contribution in [0.3, 0.4) is 0 Å². The molecule has 1 amide bonds. The lowest BCUT2D eigenvalue weighted by molar-refractivity contribution is 0.102. The van der Waals surface area contributed by atoms with Gasteiger partial charge in [0, 0.05) is 43.2 Å². The molecule has 2 aromatic heterocycles. The van der Waals surface area contributed by atoms with Crippen LogP contribution in [0.25, 0.3) is 4.96 Å². The molecule has 0 spiro atoms. The third-order valence-corrected chi connectivity index (χ3v) is 4.00. The Morgan fingerprint density at radius 3 is 2.68 bits per heavy atom. The molecule has 2 heterocycles. The molecule has 0 bridgehead atoms. The van der Waals surface area contributed by atoms with Crippen LogP contribution in [-0.2, 0) is 0 Å². The molecule has 1 N–H and O–H groups in total. The minimum atomic E-state index is -0.462. The maximum Gasteiger partial charge on any atom is 0.271 e. The number of thiazole rings is 1. The Labute approximate surface area is 130 Å². The lowest BCUT2D eigenvalue weighted by Gasteiger charge is -2.13. The van der Waals surface area contributed by atoms with Crippen LogP contribution in [0, 0.1) is 0 Å². The minimum absolute atomic E-state index is 0.0209. The van der Waals surface area contributed by atoms with E-state index in [9.17, 15) is 9.59 Å². The minimum Gasteiger partial charge on any atom is -0.378 e. The molecule has 7 heteroatoms. The van der Waals surface area contributed by atoms with Crippen molar-refractivity contribution < 1.29 is 4.79 Å². The summed E-state index contributed by atoms with van der Waals surface area (Å²) in [4.78, 5) is 31.1. The van der Waals surface area contributed by atoms with E-state index in [-0.39, 0.29) is 11.1 Å². The number of hydrogen-bond donors (Lipinski definition) is 1. The Balaban J connectivity index is 1.86. The molecule has 0 unspecified atom stereocenters. The van der Waals surface area contributed by atoms with Crippen LogP contribution >= 0.6 is 11.3 Å². The number of fused-ring (bicyclic) bond motifs is 1. The van der Waals surface area contributed by atoms with Crippen molar-refractivity contribution in [1.29, 1.82) is 0 Å². The number of carbonyl (C=O) groups excluding carboxylic acids is 1. The second-order valence-electron chi connectivity index (χ2n) is 4.93. The summed E-state index contributed by atoms with van der Waals surface area (Å²) < 4.78 is 1.37. The van der Waals surface area contributed by atoms with Gasteiger partial charge in [-0.2, -0.15) is 0 Å². The number of aromatic nitrogens is 2. The van der Waals surface area contributed by atoms with Crippen molar-refractivity contribution in [2.75, 3.05) is 24.3 Å². The quantitative estimate of drug-likeness (QED) is 0.804. The lowest BCUT2D eigenvalue weighted by atomic mass is 10.2. The van der Waals surface area contributed by atoms with Gasteiger partial charge in [0.15, 0.2) is 4.96 Å². The first-order valence-corrected chi connectivity index (χ1v) is 7.48. The highest BCUT2D eigenvalue weighted by molar-refractivity contribution is 7.15. The van der Waals surface area contributed by atoms with Gasteiger partial charge in [-0.1, -0.05) is 0 Å². The number of nitrogens with zero attached hydrogens (tertiary/aromatic N) is 3. The van der Waals surface area contributed by atoms with E-state index in [1.54, 1.807) is 23.7 Å². The number of rotatable bonds is 3. The smallest absolute Gasteiger partial charge is 0.271 e. The molecule has 3 rings (SSSR count). The zero-order valence-electron chi connectivity index (χ0n) is 12.1. The zero-order chi connectivity index (χ0) is 15.7. The summed E-state index contributed by atoms with van der Waals surface area (Å²) in [5.74, 6) is -0.462. The SMILES string of the molecule is CN(C)c1ccc(NC(=O)c2cnc3sccn3c2=O)cc1. The van der Waals surface area contributed by atoms with Crippen molar-refractivity contribution >= 4 is 33.6 Å². The third-order valence-electron chi connectivity index (χ3n) is 3.23. The maximum atomic E-state index is 12.2. The molecule has 0 atom stereocenters. The summed E-state index contributed by atoms with van der Waals surface area (Å²) in [5.41, 5.74) is 1.31. The molecular formula is C15H14N4O2S. The Morgan fingerprint density at radius 2 is 2.00 bits per heavy atom. The predicted octanol–water partition coefficient (Wildman–Crippen LogP) is 2.07. The van der Waals surface area contributed by atoms with Gasteiger partial charge >= 0.3 is 0 Å². The summed E-state index contributed by atoms with van der Waals surface area (Å²) in [6.07, 6.45) is 2.93. The number of anilines is 2. The first-order chi connectivity index (χ1) is 10.6. The normalized spacial score (nSPS) is 10.6. The Kier molecular flexibility index (Phi) is 3.64. The maximum absolute atomic E-state index is 12.2. The fourth-order valence-corrected chi connectivity index (χ4v) is 2.70. The van der Waals surface area contributed by atoms with Gasteiger partial charge in [-0.15, -0.1) is 11.3 Å². The standard InChI is InChI=1S/C15H14N4O2S/c1-18(2)11-5-3-10(4-6-11)17-13(20)12-9-16-15-19(14(12)21)7-8-22-15/h3-9H,1-2H3,(H,17,20). The van der Waals surface area contributed by atoms with E-state index in [1.165, 1.54) is 21.9 Å². The molecule has 112 valence electrons. The van der Waals surface area contributed by atoms with Crippen molar-refractivity contribution in [2.24, 2.45) is 0 Å². The fourth-order valence-electron chi connectivity index (χ4n) is 2.02. The van der Waals surface area contributed by atoms with Crippen LogP contribution in [-0.4, -0.2) is 29.4 Å². The highest BCUT2D eigenvalue weighted by Gasteiger charge is 2.14. The van der Waals surface area contributed by atoms with Crippen LogP contribution < -0.4 is 15.8 Å². The molecule has 0 aliphatic heterocycles. The average Bonchev–Trinajstić information content (AvgIpc) is 2.97. The first-order valence-electron chi connectivity index (χ1n) is 6.60. The molecular weight excluding hydrogens is 300 g/mol. The van der Waals surface area contributed by atoms with E-state index < -0.39 is 5.91 Å². The van der Waals surface area contributed by atoms with Crippen LogP contribution in [0.5, 0.6) is 0 Å². The van der Waals surface area contributed by atoms with Crippen molar-refractivity contribution in [3.63, 3.8) is 0 Å². The predicted molar refractivity (Wildman–Crippen MR) is 88.1 cm³/mol. The number of amides is 1. The topological polar surface area (TPSA) is 66.7 Å². The van der Waals surface area contributed by atoms with Crippen molar-refractivity contribution in [2.45, 2.75) is 0 Å². The number of nitrogens with one attached hydrogen (secondary N) is 1.